The molecule has 0 radical (unpaired) electrons. The van der Waals surface area contributed by atoms with Crippen LogP contribution >= 0.6 is 11.8 Å². The molecule has 16 heteroatoms. The number of hydrogen-bond donors (Lipinski definition) is 6. The van der Waals surface area contributed by atoms with Crippen LogP contribution in [0.4, 0.5) is 0 Å². The summed E-state index contributed by atoms with van der Waals surface area (Å²) in [6, 6.07) is 16.5. The van der Waals surface area contributed by atoms with Gasteiger partial charge in [-0.15, -0.1) is 11.8 Å². The van der Waals surface area contributed by atoms with Crippen molar-refractivity contribution in [1.82, 2.24) is 16.0 Å². The zero-order valence-corrected chi connectivity index (χ0v) is 30.6. The molecule has 0 aromatic heterocycles. The quantitative estimate of drug-likeness (QED) is 0.0977. The molecule has 1 heterocycles. The van der Waals surface area contributed by atoms with Crippen LogP contribution in [0.15, 0.2) is 76.5 Å². The van der Waals surface area contributed by atoms with Gasteiger partial charge < -0.3 is 26.2 Å². The zero-order chi connectivity index (χ0) is 36.7. The van der Waals surface area contributed by atoms with Gasteiger partial charge >= 0.3 is 0 Å². The van der Waals surface area contributed by atoms with Crippen LogP contribution < -0.4 is 26.4 Å². The summed E-state index contributed by atoms with van der Waals surface area (Å²) in [7, 11) is -8.30. The number of carbonyl (C=O) groups excluding carboxylic acids is 2. The number of phenols is 1. The van der Waals surface area contributed by atoms with Gasteiger partial charge in [0.1, 0.15) is 23.2 Å². The predicted octanol–water partition coefficient (Wildman–Crippen LogP) is 3.23. The monoisotopic (exact) mass is 748 g/mol. The molecule has 3 aromatic carbocycles. The maximum absolute atomic E-state index is 14.2. The van der Waals surface area contributed by atoms with E-state index in [0.717, 1.165) is 12.8 Å². The Morgan fingerprint density at radius 1 is 1.10 bits per heavy atom. The Morgan fingerprint density at radius 3 is 2.38 bits per heavy atom. The number of fused-ring (bicyclic) bond motifs is 1. The van der Waals surface area contributed by atoms with E-state index < -0.39 is 67.9 Å². The van der Waals surface area contributed by atoms with E-state index >= 15 is 0 Å². The molecular formula is C34H44N4O9S3. The molecule has 0 unspecified atom stereocenters. The second kappa shape index (κ2) is 16.1. The Labute approximate surface area is 297 Å². The minimum atomic E-state index is -4.35. The SMILES string of the molecule is CCCC[C@@]1(CC)CS(=O)(=O)c2cc(OCC(=O)N[C@@H](C(=O)NCCS(=O)(=O)O)c3ccc(O)cc3)c(SC)cc2[C@](N)(c2ccccc2)N1. The van der Waals surface area contributed by atoms with Gasteiger partial charge in [0, 0.05) is 28.6 Å². The van der Waals surface area contributed by atoms with Crippen LogP contribution in [-0.4, -0.2) is 74.8 Å². The highest BCUT2D eigenvalue weighted by molar-refractivity contribution is 7.98. The lowest BCUT2D eigenvalue weighted by molar-refractivity contribution is -0.130. The van der Waals surface area contributed by atoms with E-state index in [1.807, 2.05) is 44.2 Å². The number of ether oxygens (including phenoxy) is 1. The number of nitrogens with two attached hydrogens (primary N) is 1. The molecule has 0 fully saturated rings. The van der Waals surface area contributed by atoms with Gasteiger partial charge in [-0.2, -0.15) is 8.42 Å². The third kappa shape index (κ3) is 9.35. The summed E-state index contributed by atoms with van der Waals surface area (Å²) in [5, 5.41) is 18.2. The largest absolute Gasteiger partial charge is 0.508 e. The van der Waals surface area contributed by atoms with Crippen molar-refractivity contribution >= 4 is 43.5 Å². The molecule has 0 saturated heterocycles. The van der Waals surface area contributed by atoms with Gasteiger partial charge in [-0.05, 0) is 48.4 Å². The molecule has 0 aliphatic carbocycles. The zero-order valence-electron chi connectivity index (χ0n) is 28.1. The number of carbonyl (C=O) groups is 2. The smallest absolute Gasteiger partial charge is 0.266 e. The number of thioether (sulfide) groups is 1. The van der Waals surface area contributed by atoms with Gasteiger partial charge in [-0.3, -0.25) is 19.5 Å². The van der Waals surface area contributed by atoms with E-state index in [1.54, 1.807) is 12.3 Å². The van der Waals surface area contributed by atoms with E-state index in [4.69, 9.17) is 15.0 Å². The third-order valence-electron chi connectivity index (χ3n) is 8.68. The summed E-state index contributed by atoms with van der Waals surface area (Å²) in [4.78, 5) is 26.8. The summed E-state index contributed by atoms with van der Waals surface area (Å²) in [6.45, 7) is 2.96. The fourth-order valence-corrected chi connectivity index (χ4v) is 9.07. The molecule has 0 spiro atoms. The number of unbranched alkanes of at least 4 members (excludes halogenated alkanes) is 1. The van der Waals surface area contributed by atoms with Crippen molar-refractivity contribution in [2.75, 3.05) is 30.9 Å². The molecule has 0 bridgehead atoms. The Kier molecular flexibility index (Phi) is 12.6. The van der Waals surface area contributed by atoms with E-state index in [1.165, 1.54) is 42.1 Å². The predicted molar refractivity (Wildman–Crippen MR) is 191 cm³/mol. The Balaban J connectivity index is 1.68. The number of hydrogen-bond acceptors (Lipinski definition) is 11. The van der Waals surface area contributed by atoms with Crippen molar-refractivity contribution in [3.05, 3.63) is 83.4 Å². The van der Waals surface area contributed by atoms with Crippen molar-refractivity contribution < 1.29 is 40.8 Å². The first kappa shape index (κ1) is 39.1. The molecule has 4 rings (SSSR count). The maximum Gasteiger partial charge on any atom is 0.266 e. The Morgan fingerprint density at radius 2 is 1.78 bits per heavy atom. The topological polar surface area (TPSA) is 214 Å². The Bertz CT molecular complexity index is 1890. The number of phenolic OH excluding ortho intramolecular Hbond substituents is 1. The van der Waals surface area contributed by atoms with Crippen LogP contribution in [0.5, 0.6) is 11.5 Å². The molecule has 7 N–H and O–H groups in total. The first-order chi connectivity index (χ1) is 23.6. The second-order valence-electron chi connectivity index (χ2n) is 12.3. The lowest BCUT2D eigenvalue weighted by Gasteiger charge is -2.41. The first-order valence-electron chi connectivity index (χ1n) is 16.1. The summed E-state index contributed by atoms with van der Waals surface area (Å²) < 4.78 is 65.7. The number of amides is 2. The van der Waals surface area contributed by atoms with E-state index in [-0.39, 0.29) is 27.7 Å². The minimum absolute atomic E-state index is 0.0171. The van der Waals surface area contributed by atoms with Crippen LogP contribution in [0, 0.1) is 0 Å². The summed E-state index contributed by atoms with van der Waals surface area (Å²) >= 11 is 1.28. The highest BCUT2D eigenvalue weighted by Crippen LogP contribution is 2.43. The molecule has 1 aliphatic heterocycles. The van der Waals surface area contributed by atoms with Gasteiger partial charge in [0.15, 0.2) is 16.4 Å². The van der Waals surface area contributed by atoms with Crippen LogP contribution in [0.25, 0.3) is 0 Å². The van der Waals surface area contributed by atoms with E-state index in [2.05, 4.69) is 16.0 Å². The molecule has 272 valence electrons. The van der Waals surface area contributed by atoms with Gasteiger partial charge in [0.2, 0.25) is 5.91 Å². The minimum Gasteiger partial charge on any atom is -0.508 e. The highest BCUT2D eigenvalue weighted by Gasteiger charge is 2.48. The first-order valence-corrected chi connectivity index (χ1v) is 20.6. The summed E-state index contributed by atoms with van der Waals surface area (Å²) in [5.74, 6) is -2.41. The maximum atomic E-state index is 14.2. The van der Waals surface area contributed by atoms with Crippen LogP contribution in [0.2, 0.25) is 0 Å². The lowest BCUT2D eigenvalue weighted by Crippen LogP contribution is -2.62. The van der Waals surface area contributed by atoms with Gasteiger partial charge in [-0.1, -0.05) is 69.2 Å². The number of nitrogens with one attached hydrogen (secondary N) is 3. The van der Waals surface area contributed by atoms with Crippen LogP contribution in [-0.2, 0) is 35.2 Å². The molecule has 1 aliphatic rings. The standard InChI is InChI=1S/C34H44N4O9S3/c1-4-6-16-33(5-2)22-49(42,43)29-20-27(28(48-3)19-26(29)34(35,38-33)24-10-8-7-9-11-24)47-21-30(40)37-31(23-12-14-25(39)15-13-23)32(41)36-17-18-50(44,45)46/h7-15,19-20,31,38-39H,4-6,16-18,21-22,35H2,1-3H3,(H,36,41)(H,37,40)(H,44,45,46)/t31-,33+,34+/m1/s1. The van der Waals surface area contributed by atoms with Crippen molar-refractivity contribution in [3.63, 3.8) is 0 Å². The Hall–Kier alpha value is -3.67. The highest BCUT2D eigenvalue weighted by atomic mass is 32.2. The molecular weight excluding hydrogens is 705 g/mol. The lowest BCUT2D eigenvalue weighted by atomic mass is 9.84. The molecule has 13 nitrogen and oxygen atoms in total. The molecule has 50 heavy (non-hydrogen) atoms. The van der Waals surface area contributed by atoms with E-state index in [9.17, 15) is 31.5 Å². The van der Waals surface area contributed by atoms with Crippen molar-refractivity contribution in [1.29, 1.82) is 0 Å². The van der Waals surface area contributed by atoms with Crippen molar-refractivity contribution in [2.24, 2.45) is 5.73 Å². The third-order valence-corrected chi connectivity index (χ3v) is 12.1. The van der Waals surface area contributed by atoms with Gasteiger partial charge in [0.05, 0.1) is 16.4 Å². The van der Waals surface area contributed by atoms with Crippen LogP contribution in [0.1, 0.15) is 62.3 Å². The average Bonchev–Trinajstić information content (AvgIpc) is 3.15. The van der Waals surface area contributed by atoms with E-state index in [0.29, 0.717) is 28.9 Å². The van der Waals surface area contributed by atoms with Gasteiger partial charge in [-0.25, -0.2) is 8.42 Å². The number of benzene rings is 3. The summed E-state index contributed by atoms with van der Waals surface area (Å²) in [5.41, 5.74) is 6.34. The van der Waals surface area contributed by atoms with Gasteiger partial charge in [0.25, 0.3) is 16.0 Å². The molecule has 3 aromatic rings. The summed E-state index contributed by atoms with van der Waals surface area (Å²) in [6.07, 6.45) is 4.54. The fourth-order valence-electron chi connectivity index (χ4n) is 6.01. The van der Waals surface area contributed by atoms with Crippen molar-refractivity contribution in [2.45, 2.75) is 66.6 Å². The van der Waals surface area contributed by atoms with Crippen LogP contribution in [0.3, 0.4) is 0 Å². The average molecular weight is 749 g/mol. The molecule has 0 saturated carbocycles. The normalized spacial score (nSPS) is 20.6. The number of aromatic hydroxyl groups is 1. The number of sulfone groups is 1. The molecule has 3 atom stereocenters. The molecule has 2 amide bonds. The second-order valence-corrected chi connectivity index (χ2v) is 16.6. The number of rotatable bonds is 15. The van der Waals surface area contributed by atoms with Crippen molar-refractivity contribution in [3.8, 4) is 11.5 Å². The fraction of sp³-hybridized carbons (Fsp3) is 0.412.